The molecule has 2 rings (SSSR count). The fourth-order valence-corrected chi connectivity index (χ4v) is 1.30. The number of aromatic nitrogens is 3. The van der Waals surface area contributed by atoms with Crippen molar-refractivity contribution >= 4 is 11.6 Å². The third-order valence-electron chi connectivity index (χ3n) is 2.15. The fourth-order valence-electron chi connectivity index (χ4n) is 1.30. The Balaban J connectivity index is 2.36. The minimum atomic E-state index is -1.71. The van der Waals surface area contributed by atoms with Gasteiger partial charge in [0, 0.05) is 6.07 Å². The molecule has 5 nitrogen and oxygen atoms in total. The maximum Gasteiger partial charge on any atom is 0.295 e. The Bertz CT molecular complexity index is 629. The standard InChI is InChI=1S/C10H6F4N4O/c1-3-15-9(18-17-3)10(19)16-8-6(13)4(11)2-5(12)7(8)14/h2H,1H3,(H,16,19)(H,15,17,18). The van der Waals surface area contributed by atoms with E-state index in [1.807, 2.05) is 0 Å². The molecule has 2 aromatic rings. The monoisotopic (exact) mass is 274 g/mol. The van der Waals surface area contributed by atoms with Crippen molar-refractivity contribution in [3.05, 3.63) is 41.0 Å². The summed E-state index contributed by atoms with van der Waals surface area (Å²) >= 11 is 0. The maximum absolute atomic E-state index is 13.3. The number of anilines is 1. The van der Waals surface area contributed by atoms with Crippen LogP contribution in [0.5, 0.6) is 0 Å². The van der Waals surface area contributed by atoms with Gasteiger partial charge in [0.15, 0.2) is 23.3 Å². The van der Waals surface area contributed by atoms with Crippen LogP contribution in [0.3, 0.4) is 0 Å². The van der Waals surface area contributed by atoms with Gasteiger partial charge < -0.3 is 5.32 Å². The van der Waals surface area contributed by atoms with Gasteiger partial charge in [0.05, 0.1) is 0 Å². The molecule has 0 aliphatic heterocycles. The number of hydrogen-bond donors (Lipinski definition) is 2. The Morgan fingerprint density at radius 3 is 2.26 bits per heavy atom. The molecular formula is C10H6F4N4O. The molecule has 0 unspecified atom stereocenters. The van der Waals surface area contributed by atoms with Crippen molar-refractivity contribution in [1.29, 1.82) is 0 Å². The first-order chi connectivity index (χ1) is 8.90. The number of rotatable bonds is 2. The Labute approximate surface area is 103 Å². The maximum atomic E-state index is 13.3. The lowest BCUT2D eigenvalue weighted by molar-refractivity contribution is 0.101. The molecule has 0 saturated carbocycles. The molecule has 1 amide bonds. The van der Waals surface area contributed by atoms with Crippen molar-refractivity contribution in [2.24, 2.45) is 0 Å². The molecule has 0 aliphatic rings. The number of hydrogen-bond acceptors (Lipinski definition) is 3. The summed E-state index contributed by atoms with van der Waals surface area (Å²) in [4.78, 5) is 15.1. The highest BCUT2D eigenvalue weighted by molar-refractivity contribution is 6.01. The number of H-pyrrole nitrogens is 1. The van der Waals surface area contributed by atoms with E-state index in [4.69, 9.17) is 0 Å². The summed E-state index contributed by atoms with van der Waals surface area (Å²) in [7, 11) is 0. The summed E-state index contributed by atoms with van der Waals surface area (Å²) in [5.74, 6) is -7.90. The number of carbonyl (C=O) groups excluding carboxylic acids is 1. The SMILES string of the molecule is Cc1nc(C(=O)Nc2c(F)c(F)cc(F)c2F)n[nH]1. The second-order valence-electron chi connectivity index (χ2n) is 3.54. The highest BCUT2D eigenvalue weighted by atomic mass is 19.2. The molecule has 1 aromatic heterocycles. The average Bonchev–Trinajstić information content (AvgIpc) is 2.79. The van der Waals surface area contributed by atoms with E-state index in [1.54, 1.807) is 5.32 Å². The van der Waals surface area contributed by atoms with Crippen LogP contribution in [0.2, 0.25) is 0 Å². The normalized spacial score (nSPS) is 10.6. The molecule has 0 spiro atoms. The van der Waals surface area contributed by atoms with Gasteiger partial charge in [-0.2, -0.15) is 0 Å². The molecule has 0 fully saturated rings. The second kappa shape index (κ2) is 4.67. The number of aromatic amines is 1. The summed E-state index contributed by atoms with van der Waals surface area (Å²) in [6.07, 6.45) is 0. The summed E-state index contributed by atoms with van der Waals surface area (Å²) in [5, 5.41) is 7.44. The molecule has 0 atom stereocenters. The van der Waals surface area contributed by atoms with Gasteiger partial charge in [-0.15, -0.1) is 5.10 Å². The highest BCUT2D eigenvalue weighted by Crippen LogP contribution is 2.24. The molecule has 19 heavy (non-hydrogen) atoms. The number of benzene rings is 1. The third-order valence-corrected chi connectivity index (χ3v) is 2.15. The van der Waals surface area contributed by atoms with Crippen LogP contribution < -0.4 is 5.32 Å². The molecule has 2 N–H and O–H groups in total. The Kier molecular flexibility index (Phi) is 3.19. The van der Waals surface area contributed by atoms with E-state index in [0.717, 1.165) is 0 Å². The van der Waals surface area contributed by atoms with Crippen LogP contribution in [0.4, 0.5) is 23.2 Å². The van der Waals surface area contributed by atoms with Gasteiger partial charge in [0.1, 0.15) is 11.5 Å². The van der Waals surface area contributed by atoms with Crippen LogP contribution in [0.15, 0.2) is 6.07 Å². The van der Waals surface area contributed by atoms with Gasteiger partial charge in [0.2, 0.25) is 5.82 Å². The van der Waals surface area contributed by atoms with Crippen molar-refractivity contribution in [3.63, 3.8) is 0 Å². The topological polar surface area (TPSA) is 70.7 Å². The molecule has 9 heteroatoms. The van der Waals surface area contributed by atoms with E-state index in [0.29, 0.717) is 0 Å². The van der Waals surface area contributed by atoms with Crippen molar-refractivity contribution in [2.75, 3.05) is 5.32 Å². The first kappa shape index (κ1) is 13.0. The number of halogens is 4. The van der Waals surface area contributed by atoms with Crippen LogP contribution in [0.25, 0.3) is 0 Å². The summed E-state index contributed by atoms with van der Waals surface area (Å²) in [6, 6.07) is 0.0390. The van der Waals surface area contributed by atoms with Gasteiger partial charge in [-0.25, -0.2) is 22.5 Å². The Morgan fingerprint density at radius 2 is 1.79 bits per heavy atom. The number of carbonyl (C=O) groups is 1. The molecule has 1 heterocycles. The van der Waals surface area contributed by atoms with E-state index >= 15 is 0 Å². The van der Waals surface area contributed by atoms with Crippen LogP contribution in [-0.2, 0) is 0 Å². The van der Waals surface area contributed by atoms with E-state index in [-0.39, 0.29) is 11.9 Å². The lowest BCUT2D eigenvalue weighted by Gasteiger charge is -2.07. The van der Waals surface area contributed by atoms with E-state index < -0.39 is 40.7 Å². The molecule has 0 aliphatic carbocycles. The zero-order valence-electron chi connectivity index (χ0n) is 9.39. The fraction of sp³-hybridized carbons (Fsp3) is 0.100. The minimum absolute atomic E-state index is 0.0390. The largest absolute Gasteiger partial charge is 0.314 e. The van der Waals surface area contributed by atoms with Gasteiger partial charge in [-0.05, 0) is 6.92 Å². The average molecular weight is 274 g/mol. The highest BCUT2D eigenvalue weighted by Gasteiger charge is 2.22. The molecule has 0 saturated heterocycles. The van der Waals surface area contributed by atoms with Crippen LogP contribution in [0.1, 0.15) is 16.4 Å². The van der Waals surface area contributed by atoms with Crippen LogP contribution in [0, 0.1) is 30.2 Å². The second-order valence-corrected chi connectivity index (χ2v) is 3.54. The van der Waals surface area contributed by atoms with E-state index in [1.165, 1.54) is 6.92 Å². The van der Waals surface area contributed by atoms with Crippen LogP contribution >= 0.6 is 0 Å². The first-order valence-corrected chi connectivity index (χ1v) is 4.93. The predicted octanol–water partition coefficient (Wildman–Crippen LogP) is 1.92. The summed E-state index contributed by atoms with van der Waals surface area (Å²) in [6.45, 7) is 1.49. The van der Waals surface area contributed by atoms with Gasteiger partial charge in [-0.1, -0.05) is 0 Å². The minimum Gasteiger partial charge on any atom is -0.314 e. The molecule has 1 aromatic carbocycles. The lowest BCUT2D eigenvalue weighted by Crippen LogP contribution is -2.17. The van der Waals surface area contributed by atoms with Gasteiger partial charge in [0.25, 0.3) is 5.91 Å². The summed E-state index contributed by atoms with van der Waals surface area (Å²) < 4.78 is 52.4. The van der Waals surface area contributed by atoms with Crippen molar-refractivity contribution < 1.29 is 22.4 Å². The smallest absolute Gasteiger partial charge is 0.295 e. The van der Waals surface area contributed by atoms with Gasteiger partial charge in [-0.3, -0.25) is 9.89 Å². The predicted molar refractivity (Wildman–Crippen MR) is 55.3 cm³/mol. The van der Waals surface area contributed by atoms with E-state index in [2.05, 4.69) is 15.2 Å². The van der Waals surface area contributed by atoms with Crippen molar-refractivity contribution in [3.8, 4) is 0 Å². The molecular weight excluding hydrogens is 268 g/mol. The Morgan fingerprint density at radius 1 is 1.21 bits per heavy atom. The zero-order chi connectivity index (χ0) is 14.2. The number of amides is 1. The van der Waals surface area contributed by atoms with Crippen molar-refractivity contribution in [2.45, 2.75) is 6.92 Å². The quantitative estimate of drug-likeness (QED) is 0.649. The van der Waals surface area contributed by atoms with Gasteiger partial charge >= 0.3 is 0 Å². The lowest BCUT2D eigenvalue weighted by atomic mass is 10.2. The zero-order valence-corrected chi connectivity index (χ0v) is 9.39. The first-order valence-electron chi connectivity index (χ1n) is 4.93. The van der Waals surface area contributed by atoms with E-state index in [9.17, 15) is 22.4 Å². The summed E-state index contributed by atoms with van der Waals surface area (Å²) in [5.41, 5.74) is -1.23. The molecule has 0 radical (unpaired) electrons. The molecule has 0 bridgehead atoms. The Hall–Kier alpha value is -2.45. The third kappa shape index (κ3) is 2.39. The number of aryl methyl sites for hydroxylation is 1. The number of nitrogens with one attached hydrogen (secondary N) is 2. The number of nitrogens with zero attached hydrogens (tertiary/aromatic N) is 2. The van der Waals surface area contributed by atoms with Crippen LogP contribution in [-0.4, -0.2) is 21.1 Å². The van der Waals surface area contributed by atoms with Crippen molar-refractivity contribution in [1.82, 2.24) is 15.2 Å². The molecule has 100 valence electrons.